The van der Waals surface area contributed by atoms with Crippen molar-refractivity contribution in [3.8, 4) is 0 Å². The number of carbonyl (C=O) groups excluding carboxylic acids is 1. The minimum Gasteiger partial charge on any atom is -0.401 e. The smallest absolute Gasteiger partial charge is 0.401 e. The number of nitrogens with one attached hydrogen (secondary N) is 1. The molecular formula is C15H11N5O4S. The van der Waals surface area contributed by atoms with Crippen LogP contribution in [0.4, 0.5) is 5.88 Å². The first-order chi connectivity index (χ1) is 12.1. The third-order valence-electron chi connectivity index (χ3n) is 3.76. The zero-order valence-corrected chi connectivity index (χ0v) is 13.7. The van der Waals surface area contributed by atoms with Crippen LogP contribution in [0.5, 0.6) is 0 Å². The molecule has 25 heavy (non-hydrogen) atoms. The predicted octanol–water partition coefficient (Wildman–Crippen LogP) is 0.694. The Morgan fingerprint density at radius 3 is 2.84 bits per heavy atom. The van der Waals surface area contributed by atoms with Gasteiger partial charge in [0.2, 0.25) is 6.17 Å². The minimum absolute atomic E-state index is 0.234. The van der Waals surface area contributed by atoms with Crippen molar-refractivity contribution in [2.75, 3.05) is 6.26 Å². The second-order valence-corrected chi connectivity index (χ2v) is 6.00. The monoisotopic (exact) mass is 357 g/mol. The summed E-state index contributed by atoms with van der Waals surface area (Å²) in [6.07, 6.45) is 0.984. The molecular weight excluding hydrogens is 346 g/mol. The van der Waals surface area contributed by atoms with Gasteiger partial charge in [-0.1, -0.05) is 30.0 Å². The van der Waals surface area contributed by atoms with Gasteiger partial charge in [0.05, 0.1) is 11.4 Å². The Hall–Kier alpha value is -3.14. The van der Waals surface area contributed by atoms with Gasteiger partial charge in [-0.25, -0.2) is 10.0 Å². The summed E-state index contributed by atoms with van der Waals surface area (Å²) in [5, 5.41) is 21.1. The van der Waals surface area contributed by atoms with E-state index in [4.69, 9.17) is 4.42 Å². The molecule has 0 fully saturated rings. The highest BCUT2D eigenvalue weighted by Gasteiger charge is 2.36. The molecule has 1 aromatic carbocycles. The molecule has 9 nitrogen and oxygen atoms in total. The van der Waals surface area contributed by atoms with Crippen molar-refractivity contribution < 1.29 is 14.1 Å². The van der Waals surface area contributed by atoms with Crippen LogP contribution in [0.25, 0.3) is 5.70 Å². The molecule has 0 bridgehead atoms. The van der Waals surface area contributed by atoms with E-state index in [9.17, 15) is 14.9 Å². The number of amides is 1. The van der Waals surface area contributed by atoms with Crippen molar-refractivity contribution in [2.45, 2.75) is 6.17 Å². The van der Waals surface area contributed by atoms with Crippen molar-refractivity contribution in [2.24, 2.45) is 10.1 Å². The maximum Gasteiger partial charge on any atom is 0.433 e. The molecule has 3 heterocycles. The topological polar surface area (TPSA) is 113 Å². The van der Waals surface area contributed by atoms with E-state index < -0.39 is 11.1 Å². The van der Waals surface area contributed by atoms with E-state index in [1.165, 1.54) is 28.9 Å². The van der Waals surface area contributed by atoms with Crippen molar-refractivity contribution in [3.63, 3.8) is 0 Å². The largest absolute Gasteiger partial charge is 0.433 e. The van der Waals surface area contributed by atoms with Crippen molar-refractivity contribution in [1.29, 1.82) is 0 Å². The molecule has 0 saturated heterocycles. The number of hydrogen-bond donors (Lipinski definition) is 1. The highest BCUT2D eigenvalue weighted by molar-refractivity contribution is 8.13. The molecule has 1 N–H and O–H groups in total. The van der Waals surface area contributed by atoms with Gasteiger partial charge in [0.25, 0.3) is 5.91 Å². The second kappa shape index (κ2) is 5.74. The zero-order chi connectivity index (χ0) is 17.6. The van der Waals surface area contributed by atoms with Gasteiger partial charge in [0.1, 0.15) is 10.6 Å². The van der Waals surface area contributed by atoms with Crippen LogP contribution in [0.15, 0.2) is 50.9 Å². The lowest BCUT2D eigenvalue weighted by molar-refractivity contribution is -0.402. The molecule has 1 atom stereocenters. The lowest BCUT2D eigenvalue weighted by Gasteiger charge is -2.32. The average Bonchev–Trinajstić information content (AvgIpc) is 3.10. The predicted molar refractivity (Wildman–Crippen MR) is 89.7 cm³/mol. The van der Waals surface area contributed by atoms with Crippen LogP contribution >= 0.6 is 11.8 Å². The number of nitro groups is 1. The van der Waals surface area contributed by atoms with Crippen LogP contribution in [0, 0.1) is 10.1 Å². The lowest BCUT2D eigenvalue weighted by atomic mass is 10.1. The van der Waals surface area contributed by atoms with Crippen LogP contribution in [-0.2, 0) is 4.79 Å². The highest BCUT2D eigenvalue weighted by Crippen LogP contribution is 2.32. The fourth-order valence-electron chi connectivity index (χ4n) is 2.68. The summed E-state index contributed by atoms with van der Waals surface area (Å²) in [4.78, 5) is 27.4. The molecule has 0 saturated carbocycles. The number of hydrogen-bond acceptors (Lipinski definition) is 8. The van der Waals surface area contributed by atoms with Crippen molar-refractivity contribution >= 4 is 34.4 Å². The number of nitrogens with zero attached hydrogens (tertiary/aromatic N) is 4. The summed E-state index contributed by atoms with van der Waals surface area (Å²) >= 11 is 1.28. The summed E-state index contributed by atoms with van der Waals surface area (Å²) in [5.74, 6) is -0.466. The number of benzene rings is 1. The van der Waals surface area contributed by atoms with Gasteiger partial charge in [-0.05, 0) is 18.4 Å². The Balaban J connectivity index is 1.95. The van der Waals surface area contributed by atoms with Crippen LogP contribution in [0.2, 0.25) is 0 Å². The number of carbonyl (C=O) groups is 1. The van der Waals surface area contributed by atoms with Gasteiger partial charge >= 0.3 is 5.88 Å². The highest BCUT2D eigenvalue weighted by atomic mass is 32.2. The molecule has 1 aromatic heterocycles. The van der Waals surface area contributed by atoms with Crippen LogP contribution in [0.3, 0.4) is 0 Å². The lowest BCUT2D eigenvalue weighted by Crippen LogP contribution is -2.50. The fraction of sp³-hybridized carbons (Fsp3) is 0.133. The maximum absolute atomic E-state index is 12.6. The van der Waals surface area contributed by atoms with Crippen molar-refractivity contribution in [1.82, 2.24) is 10.3 Å². The van der Waals surface area contributed by atoms with E-state index in [0.717, 1.165) is 0 Å². The summed E-state index contributed by atoms with van der Waals surface area (Å²) in [7, 11) is 0. The fourth-order valence-corrected chi connectivity index (χ4v) is 3.05. The Morgan fingerprint density at radius 2 is 2.12 bits per heavy atom. The molecule has 0 spiro atoms. The molecule has 1 unspecified atom stereocenters. The summed E-state index contributed by atoms with van der Waals surface area (Å²) in [5.41, 5.74) is 0.326. The number of hydrazone groups is 1. The Morgan fingerprint density at radius 1 is 1.32 bits per heavy atom. The Labute approximate surface area is 144 Å². The first kappa shape index (κ1) is 15.4. The quantitative estimate of drug-likeness (QED) is 0.625. The van der Waals surface area contributed by atoms with E-state index in [1.807, 2.05) is 0 Å². The summed E-state index contributed by atoms with van der Waals surface area (Å²) in [6, 6.07) is 9.88. The second-order valence-electron chi connectivity index (χ2n) is 5.21. The normalized spacial score (nSPS) is 18.7. The molecule has 2 aliphatic rings. The Kier molecular flexibility index (Phi) is 3.53. The first-order valence-corrected chi connectivity index (χ1v) is 8.45. The molecule has 0 aliphatic carbocycles. The summed E-state index contributed by atoms with van der Waals surface area (Å²) < 4.78 is 5.30. The zero-order valence-electron chi connectivity index (χ0n) is 12.9. The van der Waals surface area contributed by atoms with Crippen molar-refractivity contribution in [3.05, 3.63) is 62.8 Å². The number of rotatable bonds is 2. The molecule has 4 rings (SSSR count). The minimum atomic E-state index is -0.799. The van der Waals surface area contributed by atoms with E-state index in [2.05, 4.69) is 15.4 Å². The third kappa shape index (κ3) is 2.47. The number of amidine groups is 1. The number of para-hydroxylation sites is 1. The molecule has 2 aromatic rings. The molecule has 0 radical (unpaired) electrons. The molecule has 2 aliphatic heterocycles. The maximum atomic E-state index is 12.6. The number of thioether (sulfide) groups is 1. The number of fused-ring (bicyclic) bond motifs is 2. The van der Waals surface area contributed by atoms with Gasteiger partial charge in [0, 0.05) is 5.22 Å². The SMILES string of the molecule is CSC1=NN2C(=c3ccccc3=NC2c2ccc([N+](=O)[O-])o2)C(=O)N1. The van der Waals surface area contributed by atoms with Crippen LogP contribution < -0.4 is 15.9 Å². The Bertz CT molecular complexity index is 1040. The van der Waals surface area contributed by atoms with E-state index in [0.29, 0.717) is 21.4 Å². The van der Waals surface area contributed by atoms with E-state index in [-0.39, 0.29) is 17.6 Å². The van der Waals surface area contributed by atoms with Crippen LogP contribution in [0.1, 0.15) is 11.9 Å². The average molecular weight is 357 g/mol. The van der Waals surface area contributed by atoms with E-state index in [1.54, 1.807) is 30.5 Å². The third-order valence-corrected chi connectivity index (χ3v) is 4.33. The number of furan rings is 1. The molecule has 10 heteroatoms. The van der Waals surface area contributed by atoms with Gasteiger partial charge in [-0.2, -0.15) is 0 Å². The van der Waals surface area contributed by atoms with Gasteiger partial charge < -0.3 is 4.42 Å². The van der Waals surface area contributed by atoms with Crippen LogP contribution in [-0.4, -0.2) is 27.3 Å². The van der Waals surface area contributed by atoms with E-state index >= 15 is 0 Å². The standard InChI is InChI=1S/C15H11N5O4S/c1-25-15-17-14(21)12-8-4-2-3-5-9(8)16-13(19(12)18-15)10-6-7-11(24-10)20(22)23/h2-7,13H,1H3,(H,17,18,21). The van der Waals surface area contributed by atoms with Gasteiger partial charge in [0.15, 0.2) is 10.9 Å². The molecule has 126 valence electrons. The van der Waals surface area contributed by atoms with Gasteiger partial charge in [-0.15, -0.1) is 5.10 Å². The molecule has 1 amide bonds. The first-order valence-electron chi connectivity index (χ1n) is 7.23. The summed E-state index contributed by atoms with van der Waals surface area (Å²) in [6.45, 7) is 0. The van der Waals surface area contributed by atoms with Gasteiger partial charge in [-0.3, -0.25) is 20.2 Å².